The van der Waals surface area contributed by atoms with Crippen molar-refractivity contribution in [3.8, 4) is 0 Å². The number of benzene rings is 1. The van der Waals surface area contributed by atoms with Crippen molar-refractivity contribution in [3.63, 3.8) is 0 Å². The summed E-state index contributed by atoms with van der Waals surface area (Å²) in [6.45, 7) is 9.29. The van der Waals surface area contributed by atoms with E-state index in [-0.39, 0.29) is 25.5 Å². The normalized spacial score (nSPS) is 17.6. The molecule has 1 saturated heterocycles. The Kier molecular flexibility index (Phi) is 5.09. The largest absolute Gasteiger partial charge is 0.444 e. The van der Waals surface area contributed by atoms with Gasteiger partial charge in [0.1, 0.15) is 18.0 Å². The van der Waals surface area contributed by atoms with Gasteiger partial charge >= 0.3 is 6.09 Å². The summed E-state index contributed by atoms with van der Waals surface area (Å²) < 4.78 is 19.1. The zero-order valence-electron chi connectivity index (χ0n) is 15.4. The molecule has 7 heteroatoms. The molecule has 0 atom stereocenters. The van der Waals surface area contributed by atoms with E-state index in [0.29, 0.717) is 11.3 Å². The molecule has 0 saturated carbocycles. The molecule has 2 amide bonds. The molecule has 0 aliphatic carbocycles. The fourth-order valence-electron chi connectivity index (χ4n) is 2.80. The fraction of sp³-hybridized carbons (Fsp3) is 0.556. The lowest BCUT2D eigenvalue weighted by Crippen LogP contribution is -2.64. The number of rotatable bonds is 2. The van der Waals surface area contributed by atoms with Gasteiger partial charge in [0.05, 0.1) is 11.2 Å². The molecule has 1 fully saturated rings. The van der Waals surface area contributed by atoms with Crippen LogP contribution in [0.25, 0.3) is 0 Å². The summed E-state index contributed by atoms with van der Waals surface area (Å²) in [7, 11) is 0. The molecule has 25 heavy (non-hydrogen) atoms. The Bertz CT molecular complexity index is 683. The first kappa shape index (κ1) is 19.2. The van der Waals surface area contributed by atoms with E-state index in [1.54, 1.807) is 26.8 Å². The number of amides is 2. The smallest absolute Gasteiger partial charge is 0.411 e. The van der Waals surface area contributed by atoms with Crippen molar-refractivity contribution < 1.29 is 18.7 Å². The van der Waals surface area contributed by atoms with Crippen LogP contribution in [0, 0.1) is 5.82 Å². The summed E-state index contributed by atoms with van der Waals surface area (Å²) in [5.41, 5.74) is 5.52. The van der Waals surface area contributed by atoms with Crippen LogP contribution in [-0.4, -0.2) is 41.1 Å². The molecule has 1 aliphatic rings. The molecule has 1 aromatic carbocycles. The molecule has 6 nitrogen and oxygen atoms in total. The third-order valence-electron chi connectivity index (χ3n) is 4.04. The Morgan fingerprint density at radius 1 is 1.36 bits per heavy atom. The molecule has 2 rings (SSSR count). The minimum Gasteiger partial charge on any atom is -0.444 e. The van der Waals surface area contributed by atoms with Crippen molar-refractivity contribution in [1.29, 1.82) is 0 Å². The summed E-state index contributed by atoms with van der Waals surface area (Å²) >= 11 is 0. The van der Waals surface area contributed by atoms with E-state index < -0.39 is 23.1 Å². The van der Waals surface area contributed by atoms with Gasteiger partial charge in [0.2, 0.25) is 5.91 Å². The van der Waals surface area contributed by atoms with Gasteiger partial charge in [-0.2, -0.15) is 0 Å². The van der Waals surface area contributed by atoms with Gasteiger partial charge in [-0.05, 0) is 52.3 Å². The van der Waals surface area contributed by atoms with Crippen molar-refractivity contribution in [2.24, 2.45) is 5.73 Å². The maximum absolute atomic E-state index is 13.7. The van der Waals surface area contributed by atoms with Crippen molar-refractivity contribution in [1.82, 2.24) is 4.90 Å². The standard InChI is InChI=1S/C18H26FN3O3/c1-17(2,3)25-16(24)22-10-15(23)21(11-18(22,4)5)14-8-13(19)7-6-12(14)9-20/h6-8H,9-11,20H2,1-5H3. The number of piperazine rings is 1. The highest BCUT2D eigenvalue weighted by atomic mass is 19.1. The Labute approximate surface area is 147 Å². The second-order valence-electron chi connectivity index (χ2n) is 7.84. The molecule has 0 bridgehead atoms. The van der Waals surface area contributed by atoms with E-state index in [0.717, 1.165) is 0 Å². The van der Waals surface area contributed by atoms with Crippen LogP contribution < -0.4 is 10.6 Å². The summed E-state index contributed by atoms with van der Waals surface area (Å²) in [6.07, 6.45) is -0.538. The van der Waals surface area contributed by atoms with Crippen LogP contribution in [0.1, 0.15) is 40.2 Å². The van der Waals surface area contributed by atoms with Crippen LogP contribution in [-0.2, 0) is 16.1 Å². The zero-order chi connectivity index (χ0) is 19.0. The predicted molar refractivity (Wildman–Crippen MR) is 93.7 cm³/mol. The lowest BCUT2D eigenvalue weighted by atomic mass is 9.97. The minimum absolute atomic E-state index is 0.136. The van der Waals surface area contributed by atoms with Gasteiger partial charge in [-0.25, -0.2) is 9.18 Å². The number of ether oxygens (including phenoxy) is 1. The fourth-order valence-corrected chi connectivity index (χ4v) is 2.80. The molecule has 2 N–H and O–H groups in total. The molecule has 1 heterocycles. The number of carbonyl (C=O) groups is 2. The molecular weight excluding hydrogens is 325 g/mol. The highest BCUT2D eigenvalue weighted by molar-refractivity contribution is 5.98. The number of nitrogens with two attached hydrogens (primary N) is 1. The Morgan fingerprint density at radius 2 is 2.00 bits per heavy atom. The highest BCUT2D eigenvalue weighted by Gasteiger charge is 2.43. The molecule has 0 spiro atoms. The Balaban J connectivity index is 2.30. The number of anilines is 1. The summed E-state index contributed by atoms with van der Waals surface area (Å²) in [6, 6.07) is 4.20. The Morgan fingerprint density at radius 3 is 2.56 bits per heavy atom. The van der Waals surface area contributed by atoms with E-state index in [1.165, 1.54) is 21.9 Å². The van der Waals surface area contributed by atoms with Crippen LogP contribution in [0.4, 0.5) is 14.9 Å². The zero-order valence-corrected chi connectivity index (χ0v) is 15.4. The van der Waals surface area contributed by atoms with Gasteiger partial charge in [-0.3, -0.25) is 9.69 Å². The SMILES string of the molecule is CC(C)(C)OC(=O)N1CC(=O)N(c2cc(F)ccc2CN)CC1(C)C. The summed E-state index contributed by atoms with van der Waals surface area (Å²) in [4.78, 5) is 28.0. The van der Waals surface area contributed by atoms with Crippen LogP contribution in [0.15, 0.2) is 18.2 Å². The highest BCUT2D eigenvalue weighted by Crippen LogP contribution is 2.30. The minimum atomic E-state index is -0.672. The van der Waals surface area contributed by atoms with Crippen molar-refractivity contribution in [2.45, 2.75) is 52.3 Å². The molecule has 1 aromatic rings. The third-order valence-corrected chi connectivity index (χ3v) is 4.04. The molecule has 0 aromatic heterocycles. The van der Waals surface area contributed by atoms with Gasteiger partial charge in [-0.1, -0.05) is 6.07 Å². The number of hydrogen-bond acceptors (Lipinski definition) is 4. The summed E-state index contributed by atoms with van der Waals surface area (Å²) in [5.74, 6) is -0.738. The second kappa shape index (κ2) is 6.63. The maximum Gasteiger partial charge on any atom is 0.411 e. The molecule has 138 valence electrons. The second-order valence-corrected chi connectivity index (χ2v) is 7.84. The topological polar surface area (TPSA) is 75.9 Å². The first-order valence-electron chi connectivity index (χ1n) is 8.24. The lowest BCUT2D eigenvalue weighted by Gasteiger charge is -2.46. The van der Waals surface area contributed by atoms with Crippen molar-refractivity contribution in [2.75, 3.05) is 18.0 Å². The van der Waals surface area contributed by atoms with Gasteiger partial charge in [-0.15, -0.1) is 0 Å². The van der Waals surface area contributed by atoms with Crippen LogP contribution in [0.2, 0.25) is 0 Å². The number of carbonyl (C=O) groups excluding carboxylic acids is 2. The lowest BCUT2D eigenvalue weighted by molar-refractivity contribution is -0.124. The Hall–Kier alpha value is -2.15. The van der Waals surface area contributed by atoms with E-state index in [9.17, 15) is 14.0 Å². The average molecular weight is 351 g/mol. The quantitative estimate of drug-likeness (QED) is 0.889. The summed E-state index contributed by atoms with van der Waals surface area (Å²) in [5, 5.41) is 0. The number of hydrogen-bond donors (Lipinski definition) is 1. The number of nitrogens with zero attached hydrogens (tertiary/aromatic N) is 2. The van der Waals surface area contributed by atoms with Crippen molar-refractivity contribution >= 4 is 17.7 Å². The molecule has 0 radical (unpaired) electrons. The molecular formula is C18H26FN3O3. The average Bonchev–Trinajstić information content (AvgIpc) is 2.47. The van der Waals surface area contributed by atoms with Crippen LogP contribution >= 0.6 is 0 Å². The van der Waals surface area contributed by atoms with Crippen LogP contribution in [0.3, 0.4) is 0 Å². The van der Waals surface area contributed by atoms with Gasteiger partial charge in [0, 0.05) is 13.1 Å². The number of halogens is 1. The van der Waals surface area contributed by atoms with Gasteiger partial charge < -0.3 is 15.4 Å². The maximum atomic E-state index is 13.7. The third kappa shape index (κ3) is 4.28. The first-order valence-corrected chi connectivity index (χ1v) is 8.24. The van der Waals surface area contributed by atoms with Gasteiger partial charge in [0.25, 0.3) is 0 Å². The van der Waals surface area contributed by atoms with Gasteiger partial charge in [0.15, 0.2) is 0 Å². The van der Waals surface area contributed by atoms with E-state index in [4.69, 9.17) is 10.5 Å². The molecule has 1 aliphatic heterocycles. The predicted octanol–water partition coefficient (Wildman–Crippen LogP) is 2.65. The molecule has 0 unspecified atom stereocenters. The van der Waals surface area contributed by atoms with E-state index in [2.05, 4.69) is 0 Å². The first-order chi connectivity index (χ1) is 11.4. The van der Waals surface area contributed by atoms with E-state index in [1.807, 2.05) is 13.8 Å². The van der Waals surface area contributed by atoms with Crippen molar-refractivity contribution in [3.05, 3.63) is 29.6 Å². The monoisotopic (exact) mass is 351 g/mol. The van der Waals surface area contributed by atoms with E-state index >= 15 is 0 Å². The van der Waals surface area contributed by atoms with Crippen LogP contribution in [0.5, 0.6) is 0 Å².